The van der Waals surface area contributed by atoms with Crippen molar-refractivity contribution in [2.45, 2.75) is 32.7 Å². The Hall–Kier alpha value is -2.31. The van der Waals surface area contributed by atoms with E-state index in [2.05, 4.69) is 6.58 Å². The van der Waals surface area contributed by atoms with Crippen molar-refractivity contribution < 1.29 is 27.5 Å². The number of hydrogen-bond donors (Lipinski definition) is 1. The van der Waals surface area contributed by atoms with Crippen LogP contribution in [0.25, 0.3) is 0 Å². The maximum atomic E-state index is 12.4. The number of alkyl halides is 3. The van der Waals surface area contributed by atoms with E-state index in [1.54, 1.807) is 44.2 Å². The van der Waals surface area contributed by atoms with Gasteiger partial charge >= 0.3 is 12.1 Å². The Morgan fingerprint density at radius 3 is 2.26 bits per heavy atom. The molecule has 4 nitrogen and oxygen atoms in total. The number of rotatable bonds is 6. The van der Waals surface area contributed by atoms with Crippen LogP contribution >= 0.6 is 0 Å². The minimum Gasteiger partial charge on any atom is -0.459 e. The van der Waals surface area contributed by atoms with Crippen molar-refractivity contribution >= 4 is 11.9 Å². The third kappa shape index (κ3) is 5.77. The van der Waals surface area contributed by atoms with Gasteiger partial charge in [-0.25, -0.2) is 4.79 Å². The van der Waals surface area contributed by atoms with Gasteiger partial charge in [0.25, 0.3) is 5.91 Å². The van der Waals surface area contributed by atoms with Gasteiger partial charge in [-0.05, 0) is 11.5 Å². The van der Waals surface area contributed by atoms with E-state index in [1.807, 2.05) is 5.32 Å². The Kier molecular flexibility index (Phi) is 6.36. The van der Waals surface area contributed by atoms with Crippen LogP contribution in [0.3, 0.4) is 0 Å². The van der Waals surface area contributed by atoms with Gasteiger partial charge in [-0.2, -0.15) is 13.2 Å². The molecule has 0 aromatic heterocycles. The fourth-order valence-corrected chi connectivity index (χ4v) is 1.67. The van der Waals surface area contributed by atoms with Crippen molar-refractivity contribution in [2.75, 3.05) is 0 Å². The lowest BCUT2D eigenvalue weighted by molar-refractivity contribution is -0.151. The van der Waals surface area contributed by atoms with E-state index in [4.69, 9.17) is 4.74 Å². The molecule has 7 heteroatoms. The fourth-order valence-electron chi connectivity index (χ4n) is 1.67. The summed E-state index contributed by atoms with van der Waals surface area (Å²) in [7, 11) is 0. The second-order valence-corrected chi connectivity index (χ2v) is 5.26. The van der Waals surface area contributed by atoms with Crippen molar-refractivity contribution in [2.24, 2.45) is 5.92 Å². The zero-order valence-corrected chi connectivity index (χ0v) is 12.8. The molecule has 0 saturated carbocycles. The number of benzene rings is 1. The molecule has 0 unspecified atom stereocenters. The van der Waals surface area contributed by atoms with Crippen LogP contribution in [0.15, 0.2) is 42.5 Å². The Labute approximate surface area is 132 Å². The van der Waals surface area contributed by atoms with E-state index in [-0.39, 0.29) is 6.61 Å². The molecule has 0 saturated heterocycles. The van der Waals surface area contributed by atoms with Gasteiger partial charge in [-0.3, -0.25) is 4.79 Å². The first kappa shape index (κ1) is 18.7. The van der Waals surface area contributed by atoms with Crippen LogP contribution in [0.1, 0.15) is 19.4 Å². The van der Waals surface area contributed by atoms with E-state index in [1.165, 1.54) is 0 Å². The van der Waals surface area contributed by atoms with Gasteiger partial charge in [0.2, 0.25) is 0 Å². The molecule has 1 aromatic carbocycles. The summed E-state index contributed by atoms with van der Waals surface area (Å²) in [6.07, 6.45) is -4.85. The number of carbonyl (C=O) groups excluding carboxylic acids is 2. The molecule has 126 valence electrons. The predicted molar refractivity (Wildman–Crippen MR) is 78.2 cm³/mol. The Balaban J connectivity index is 2.69. The molecule has 0 aliphatic rings. The van der Waals surface area contributed by atoms with Crippen LogP contribution in [0, 0.1) is 5.92 Å². The van der Waals surface area contributed by atoms with Crippen LogP contribution in [0.2, 0.25) is 0 Å². The lowest BCUT2D eigenvalue weighted by Gasteiger charge is -2.22. The van der Waals surface area contributed by atoms with Gasteiger partial charge in [0.15, 0.2) is 0 Å². The lowest BCUT2D eigenvalue weighted by atomic mass is 10.0. The molecule has 1 amide bonds. The smallest absolute Gasteiger partial charge is 0.421 e. The summed E-state index contributed by atoms with van der Waals surface area (Å²) >= 11 is 0. The zero-order valence-electron chi connectivity index (χ0n) is 12.8. The molecular weight excluding hydrogens is 311 g/mol. The molecule has 1 atom stereocenters. The van der Waals surface area contributed by atoms with Crippen molar-refractivity contribution in [1.82, 2.24) is 5.32 Å². The van der Waals surface area contributed by atoms with Crippen LogP contribution in [-0.4, -0.2) is 24.1 Å². The SMILES string of the molecule is C=C(C(=O)N[C@H](C(=O)OCc1ccccc1)C(C)C)C(F)(F)F. The summed E-state index contributed by atoms with van der Waals surface area (Å²) < 4.78 is 42.4. The minimum absolute atomic E-state index is 0.0288. The molecule has 0 bridgehead atoms. The summed E-state index contributed by atoms with van der Waals surface area (Å²) in [5, 5.41) is 2.03. The van der Waals surface area contributed by atoms with E-state index in [9.17, 15) is 22.8 Å². The third-order valence-electron chi connectivity index (χ3n) is 3.05. The molecule has 1 N–H and O–H groups in total. The number of halogens is 3. The van der Waals surface area contributed by atoms with Crippen molar-refractivity contribution in [1.29, 1.82) is 0 Å². The second-order valence-electron chi connectivity index (χ2n) is 5.26. The van der Waals surface area contributed by atoms with Crippen LogP contribution in [0.5, 0.6) is 0 Å². The van der Waals surface area contributed by atoms with Gasteiger partial charge in [-0.1, -0.05) is 50.8 Å². The first-order valence-electron chi connectivity index (χ1n) is 6.90. The van der Waals surface area contributed by atoms with E-state index in [0.29, 0.717) is 0 Å². The topological polar surface area (TPSA) is 55.4 Å². The van der Waals surface area contributed by atoms with Crippen LogP contribution < -0.4 is 5.32 Å². The highest BCUT2D eigenvalue weighted by Gasteiger charge is 2.38. The monoisotopic (exact) mass is 329 g/mol. The summed E-state index contributed by atoms with van der Waals surface area (Å²) in [6, 6.07) is 7.61. The highest BCUT2D eigenvalue weighted by Crippen LogP contribution is 2.24. The number of nitrogens with one attached hydrogen (secondary N) is 1. The first-order valence-corrected chi connectivity index (χ1v) is 6.90. The van der Waals surface area contributed by atoms with E-state index >= 15 is 0 Å². The summed E-state index contributed by atoms with van der Waals surface area (Å²) in [5.74, 6) is -2.68. The molecule has 0 heterocycles. The molecule has 23 heavy (non-hydrogen) atoms. The zero-order chi connectivity index (χ0) is 17.6. The normalized spacial score (nSPS) is 12.6. The van der Waals surface area contributed by atoms with Gasteiger partial charge in [0.05, 0.1) is 0 Å². The fraction of sp³-hybridized carbons (Fsp3) is 0.375. The maximum Gasteiger partial charge on any atom is 0.421 e. The average Bonchev–Trinajstić information content (AvgIpc) is 2.49. The first-order chi connectivity index (χ1) is 10.6. The van der Waals surface area contributed by atoms with E-state index in [0.717, 1.165) is 5.56 Å². The quantitative estimate of drug-likeness (QED) is 0.645. The second kappa shape index (κ2) is 7.80. The minimum atomic E-state index is -4.85. The van der Waals surface area contributed by atoms with Gasteiger partial charge in [-0.15, -0.1) is 0 Å². The summed E-state index contributed by atoms with van der Waals surface area (Å²) in [4.78, 5) is 23.6. The highest BCUT2D eigenvalue weighted by molar-refractivity contribution is 5.96. The Morgan fingerprint density at radius 2 is 1.78 bits per heavy atom. The van der Waals surface area contributed by atoms with Crippen LogP contribution in [0.4, 0.5) is 13.2 Å². The number of carbonyl (C=O) groups is 2. The summed E-state index contributed by atoms with van der Waals surface area (Å²) in [6.45, 7) is 5.85. The number of hydrogen-bond acceptors (Lipinski definition) is 3. The largest absolute Gasteiger partial charge is 0.459 e. The number of ether oxygens (including phenoxy) is 1. The Morgan fingerprint density at radius 1 is 1.22 bits per heavy atom. The van der Waals surface area contributed by atoms with E-state index < -0.39 is 35.6 Å². The highest BCUT2D eigenvalue weighted by atomic mass is 19.4. The standard InChI is InChI=1S/C16H18F3NO3/c1-10(2)13(20-14(21)11(3)16(17,18)19)15(22)23-9-12-7-5-4-6-8-12/h4-8,10,13H,3,9H2,1-2H3,(H,20,21)/t13-/m0/s1. The molecule has 1 aromatic rings. The lowest BCUT2D eigenvalue weighted by Crippen LogP contribution is -2.47. The van der Waals surface area contributed by atoms with Gasteiger partial charge in [0.1, 0.15) is 18.2 Å². The van der Waals surface area contributed by atoms with Crippen molar-refractivity contribution in [3.63, 3.8) is 0 Å². The molecule has 0 fully saturated rings. The van der Waals surface area contributed by atoms with Gasteiger partial charge < -0.3 is 10.1 Å². The van der Waals surface area contributed by atoms with Crippen molar-refractivity contribution in [3.05, 3.63) is 48.0 Å². The maximum absolute atomic E-state index is 12.4. The third-order valence-corrected chi connectivity index (χ3v) is 3.05. The Bertz CT molecular complexity index is 568. The number of amides is 1. The molecule has 0 aliphatic carbocycles. The predicted octanol–water partition coefficient (Wildman–Crippen LogP) is 2.99. The van der Waals surface area contributed by atoms with Crippen molar-refractivity contribution in [3.8, 4) is 0 Å². The molecule has 0 spiro atoms. The van der Waals surface area contributed by atoms with Crippen LogP contribution in [-0.2, 0) is 20.9 Å². The van der Waals surface area contributed by atoms with Gasteiger partial charge in [0, 0.05) is 0 Å². The molecular formula is C16H18F3NO3. The molecule has 0 aliphatic heterocycles. The average molecular weight is 329 g/mol. The number of esters is 1. The summed E-state index contributed by atoms with van der Waals surface area (Å²) in [5.41, 5.74) is -0.826. The molecule has 1 rings (SSSR count). The molecule has 0 radical (unpaired) electrons.